The quantitative estimate of drug-likeness (QED) is 0.338. The molecule has 0 radical (unpaired) electrons. The van der Waals surface area contributed by atoms with E-state index in [1.807, 2.05) is 54.4 Å². The molecule has 1 aliphatic carbocycles. The zero-order chi connectivity index (χ0) is 26.4. The van der Waals surface area contributed by atoms with E-state index in [4.69, 9.17) is 0 Å². The van der Waals surface area contributed by atoms with Crippen LogP contribution >= 0.6 is 0 Å². The van der Waals surface area contributed by atoms with Crippen molar-refractivity contribution in [3.05, 3.63) is 95.6 Å². The van der Waals surface area contributed by atoms with Crippen LogP contribution in [0.5, 0.6) is 0 Å². The van der Waals surface area contributed by atoms with Crippen LogP contribution in [0.2, 0.25) is 0 Å². The minimum Gasteiger partial charge on any atom is -0.357 e. The number of aromatic nitrogens is 2. The van der Waals surface area contributed by atoms with E-state index in [2.05, 4.69) is 15.3 Å². The van der Waals surface area contributed by atoms with E-state index >= 15 is 0 Å². The number of carbonyl (C=O) groups is 2. The van der Waals surface area contributed by atoms with Crippen molar-refractivity contribution in [1.29, 1.82) is 0 Å². The molecular formula is C31H29FN4O2. The molecule has 6 rings (SSSR count). The minimum absolute atomic E-state index is 0.0445. The van der Waals surface area contributed by atoms with Gasteiger partial charge in [0.1, 0.15) is 11.6 Å². The number of nitrogens with one attached hydrogen (secondary N) is 2. The van der Waals surface area contributed by atoms with Crippen LogP contribution in [0, 0.1) is 5.82 Å². The van der Waals surface area contributed by atoms with E-state index in [0.29, 0.717) is 5.82 Å². The number of H-pyrrole nitrogens is 1. The predicted octanol–water partition coefficient (Wildman–Crippen LogP) is 6.18. The molecule has 1 fully saturated rings. The molecule has 2 aromatic carbocycles. The van der Waals surface area contributed by atoms with Crippen LogP contribution in [0.15, 0.2) is 72.9 Å². The van der Waals surface area contributed by atoms with Crippen molar-refractivity contribution < 1.29 is 14.0 Å². The maximum Gasteiger partial charge on any atom is 0.256 e. The number of hydrogen-bond acceptors (Lipinski definition) is 3. The number of nitrogens with zero attached hydrogens (tertiary/aromatic N) is 2. The third kappa shape index (κ3) is 3.99. The molecule has 3 heterocycles. The topological polar surface area (TPSA) is 78.1 Å². The van der Waals surface area contributed by atoms with Crippen molar-refractivity contribution in [3.8, 4) is 22.4 Å². The maximum absolute atomic E-state index is 13.7. The van der Waals surface area contributed by atoms with Crippen LogP contribution in [-0.2, 0) is 11.2 Å². The summed E-state index contributed by atoms with van der Waals surface area (Å²) in [7, 11) is 1.92. The zero-order valence-electron chi connectivity index (χ0n) is 21.4. The van der Waals surface area contributed by atoms with Crippen LogP contribution < -0.4 is 5.32 Å². The highest BCUT2D eigenvalue weighted by Crippen LogP contribution is 2.48. The Labute approximate surface area is 220 Å². The lowest BCUT2D eigenvalue weighted by Gasteiger charge is -2.51. The summed E-state index contributed by atoms with van der Waals surface area (Å²) in [5, 5.41) is 2.90. The minimum atomic E-state index is -0.481. The number of carbonyl (C=O) groups excluding carboxylic acids is 2. The van der Waals surface area contributed by atoms with Gasteiger partial charge in [-0.05, 0) is 61.6 Å². The Hall–Kier alpha value is -4.26. The summed E-state index contributed by atoms with van der Waals surface area (Å²) in [6, 6.07) is 19.6. The Morgan fingerprint density at radius 1 is 1.05 bits per heavy atom. The van der Waals surface area contributed by atoms with E-state index in [-0.39, 0.29) is 23.2 Å². The van der Waals surface area contributed by atoms with Crippen LogP contribution in [0.4, 0.5) is 10.2 Å². The molecule has 1 unspecified atom stereocenters. The molecule has 192 valence electrons. The SMILES string of the molecule is CC(C(=O)Nc1cc(-c2[nH]c3c(c2-c2ccccc2)C(=O)N(C)C2(CCC2)C3)ccn1)c1ccc(F)cc1. The average Bonchev–Trinajstić information content (AvgIpc) is 3.30. The smallest absolute Gasteiger partial charge is 0.256 e. The summed E-state index contributed by atoms with van der Waals surface area (Å²) in [6.45, 7) is 1.78. The van der Waals surface area contributed by atoms with Crippen LogP contribution in [0.1, 0.15) is 53.7 Å². The molecule has 7 heteroatoms. The second-order valence-electron chi connectivity index (χ2n) is 10.4. The highest BCUT2D eigenvalue weighted by molar-refractivity contribution is 6.07. The Balaban J connectivity index is 1.38. The van der Waals surface area contributed by atoms with Crippen molar-refractivity contribution >= 4 is 17.6 Å². The molecule has 0 bridgehead atoms. The van der Waals surface area contributed by atoms with Crippen LogP contribution in [0.3, 0.4) is 0 Å². The molecule has 2 N–H and O–H groups in total. The highest BCUT2D eigenvalue weighted by Gasteiger charge is 2.48. The molecule has 0 saturated heterocycles. The van der Waals surface area contributed by atoms with Crippen molar-refractivity contribution in [3.63, 3.8) is 0 Å². The number of benzene rings is 2. The molecule has 2 amide bonds. The third-order valence-corrected chi connectivity index (χ3v) is 8.22. The molecule has 1 aliphatic heterocycles. The Bertz CT molecular complexity index is 1520. The zero-order valence-corrected chi connectivity index (χ0v) is 21.4. The van der Waals surface area contributed by atoms with Gasteiger partial charge in [0.2, 0.25) is 5.91 Å². The average molecular weight is 509 g/mol. The first-order valence-corrected chi connectivity index (χ1v) is 13.0. The lowest BCUT2D eigenvalue weighted by Crippen LogP contribution is -2.58. The summed E-state index contributed by atoms with van der Waals surface area (Å²) < 4.78 is 13.3. The number of pyridine rings is 1. The van der Waals surface area contributed by atoms with E-state index in [1.54, 1.807) is 25.3 Å². The van der Waals surface area contributed by atoms with Crippen LogP contribution in [-0.4, -0.2) is 39.3 Å². The van der Waals surface area contributed by atoms with Gasteiger partial charge in [0.15, 0.2) is 0 Å². The normalized spacial score (nSPS) is 16.6. The van der Waals surface area contributed by atoms with Crippen molar-refractivity contribution in [1.82, 2.24) is 14.9 Å². The lowest BCUT2D eigenvalue weighted by atomic mass is 9.70. The van der Waals surface area contributed by atoms with Gasteiger partial charge >= 0.3 is 0 Å². The molecule has 2 aliphatic rings. The fourth-order valence-electron chi connectivity index (χ4n) is 5.75. The lowest BCUT2D eigenvalue weighted by molar-refractivity contribution is -0.117. The summed E-state index contributed by atoms with van der Waals surface area (Å²) in [5.41, 5.74) is 5.80. The first-order valence-electron chi connectivity index (χ1n) is 13.0. The molecule has 2 aromatic heterocycles. The van der Waals surface area contributed by atoms with Gasteiger partial charge in [-0.15, -0.1) is 0 Å². The van der Waals surface area contributed by atoms with Crippen molar-refractivity contribution in [2.75, 3.05) is 12.4 Å². The summed E-state index contributed by atoms with van der Waals surface area (Å²) >= 11 is 0. The maximum atomic E-state index is 13.7. The van der Waals surface area contributed by atoms with Gasteiger partial charge in [-0.2, -0.15) is 0 Å². The van der Waals surface area contributed by atoms with Gasteiger partial charge in [-0.25, -0.2) is 9.37 Å². The fraction of sp³-hybridized carbons (Fsp3) is 0.258. The van der Waals surface area contributed by atoms with Gasteiger partial charge in [0, 0.05) is 42.0 Å². The molecule has 1 atom stereocenters. The van der Waals surface area contributed by atoms with E-state index in [9.17, 15) is 14.0 Å². The fourth-order valence-corrected chi connectivity index (χ4v) is 5.75. The van der Waals surface area contributed by atoms with Gasteiger partial charge < -0.3 is 15.2 Å². The first kappa shape index (κ1) is 24.1. The number of hydrogen-bond donors (Lipinski definition) is 2. The van der Waals surface area contributed by atoms with Crippen molar-refractivity contribution in [2.45, 2.75) is 44.1 Å². The molecule has 6 nitrogen and oxygen atoms in total. The number of halogens is 1. The third-order valence-electron chi connectivity index (χ3n) is 8.22. The van der Waals surface area contributed by atoms with Gasteiger partial charge in [-0.1, -0.05) is 42.5 Å². The Kier molecular flexibility index (Phi) is 5.86. The summed E-state index contributed by atoms with van der Waals surface area (Å²) in [5.74, 6) is -0.605. The van der Waals surface area contributed by atoms with E-state index in [1.165, 1.54) is 12.1 Å². The molecular weight excluding hydrogens is 479 g/mol. The standard InChI is InChI=1S/C31H29FN4O2/c1-19(20-9-11-23(32)12-10-20)29(37)35-25-17-22(13-16-33-25)28-26(21-7-4-3-5-8-21)27-24(34-28)18-31(14-6-15-31)36(2)30(27)38/h3-5,7-13,16-17,19,34H,6,14-15,18H2,1-2H3,(H,33,35,37). The highest BCUT2D eigenvalue weighted by atomic mass is 19.1. The Morgan fingerprint density at radius 3 is 2.47 bits per heavy atom. The number of amides is 2. The molecule has 1 saturated carbocycles. The monoisotopic (exact) mass is 508 g/mol. The second-order valence-corrected chi connectivity index (χ2v) is 10.4. The Morgan fingerprint density at radius 2 is 1.79 bits per heavy atom. The second kappa shape index (κ2) is 9.24. The van der Waals surface area contributed by atoms with Crippen molar-refractivity contribution in [2.24, 2.45) is 0 Å². The largest absolute Gasteiger partial charge is 0.357 e. The van der Waals surface area contributed by atoms with Crippen LogP contribution in [0.25, 0.3) is 22.4 Å². The van der Waals surface area contributed by atoms with Gasteiger partial charge in [0.25, 0.3) is 5.91 Å². The van der Waals surface area contributed by atoms with E-state index in [0.717, 1.165) is 64.9 Å². The first-order chi connectivity index (χ1) is 18.4. The van der Waals surface area contributed by atoms with Gasteiger partial charge in [0.05, 0.1) is 17.2 Å². The number of anilines is 1. The predicted molar refractivity (Wildman–Crippen MR) is 145 cm³/mol. The molecule has 1 spiro atoms. The number of likely N-dealkylation sites (N-methyl/N-ethyl adjacent to an activating group) is 1. The number of aromatic amines is 1. The number of fused-ring (bicyclic) bond motifs is 1. The van der Waals surface area contributed by atoms with Gasteiger partial charge in [-0.3, -0.25) is 9.59 Å². The summed E-state index contributed by atoms with van der Waals surface area (Å²) in [4.78, 5) is 36.6. The molecule has 38 heavy (non-hydrogen) atoms. The number of rotatable bonds is 5. The van der Waals surface area contributed by atoms with E-state index < -0.39 is 5.92 Å². The molecule has 4 aromatic rings. The summed E-state index contributed by atoms with van der Waals surface area (Å²) in [6.07, 6.45) is 5.62.